The summed E-state index contributed by atoms with van der Waals surface area (Å²) in [6.07, 6.45) is 0.537. The molecule has 0 unspecified atom stereocenters. The molecule has 3 N–H and O–H groups in total. The van der Waals surface area contributed by atoms with E-state index in [9.17, 15) is 16.8 Å². The lowest BCUT2D eigenvalue weighted by Crippen LogP contribution is -2.26. The van der Waals surface area contributed by atoms with E-state index >= 15 is 0 Å². The number of primary sulfonamides is 1. The van der Waals surface area contributed by atoms with Crippen LogP contribution < -0.4 is 9.86 Å². The van der Waals surface area contributed by atoms with Crippen LogP contribution in [0.4, 0.5) is 0 Å². The van der Waals surface area contributed by atoms with Gasteiger partial charge in [0.05, 0.1) is 9.79 Å². The molecule has 0 saturated heterocycles. The van der Waals surface area contributed by atoms with E-state index in [1.807, 2.05) is 30.3 Å². The van der Waals surface area contributed by atoms with Gasteiger partial charge in [-0.3, -0.25) is 0 Å². The number of sulfonamides is 2. The van der Waals surface area contributed by atoms with Crippen LogP contribution in [0.25, 0.3) is 0 Å². The first-order valence-electron chi connectivity index (χ1n) is 6.45. The average molecular weight is 340 g/mol. The first-order chi connectivity index (χ1) is 10.3. The zero-order valence-electron chi connectivity index (χ0n) is 11.6. The monoisotopic (exact) mass is 340 g/mol. The van der Waals surface area contributed by atoms with Crippen LogP contribution in [0, 0.1) is 0 Å². The first-order valence-corrected chi connectivity index (χ1v) is 9.48. The molecule has 0 aliphatic heterocycles. The van der Waals surface area contributed by atoms with E-state index in [0.29, 0.717) is 6.42 Å². The van der Waals surface area contributed by atoms with Crippen molar-refractivity contribution >= 4 is 20.0 Å². The van der Waals surface area contributed by atoms with Crippen molar-refractivity contribution in [3.05, 3.63) is 60.2 Å². The van der Waals surface area contributed by atoms with Gasteiger partial charge in [0, 0.05) is 6.54 Å². The summed E-state index contributed by atoms with van der Waals surface area (Å²) in [6.45, 7) is 0.214. The lowest BCUT2D eigenvalue weighted by Gasteiger charge is -2.08. The summed E-state index contributed by atoms with van der Waals surface area (Å²) in [6, 6.07) is 14.4. The molecular weight excluding hydrogens is 324 g/mol. The van der Waals surface area contributed by atoms with Gasteiger partial charge in [-0.15, -0.1) is 0 Å². The van der Waals surface area contributed by atoms with E-state index in [0.717, 1.165) is 11.6 Å². The predicted octanol–water partition coefficient (Wildman–Crippen LogP) is 0.855. The van der Waals surface area contributed by atoms with E-state index in [4.69, 9.17) is 5.14 Å². The number of nitrogens with one attached hydrogen (secondary N) is 1. The number of benzene rings is 2. The second kappa shape index (κ2) is 6.57. The maximum Gasteiger partial charge on any atom is 0.240 e. The molecule has 2 aromatic carbocycles. The van der Waals surface area contributed by atoms with Gasteiger partial charge in [0.1, 0.15) is 0 Å². The Hall–Kier alpha value is -1.74. The van der Waals surface area contributed by atoms with Gasteiger partial charge in [-0.1, -0.05) is 36.4 Å². The van der Waals surface area contributed by atoms with Crippen LogP contribution in [0.2, 0.25) is 0 Å². The third-order valence-corrected chi connectivity index (χ3v) is 5.36. The molecule has 0 amide bonds. The number of rotatable bonds is 6. The van der Waals surface area contributed by atoms with Crippen molar-refractivity contribution in [2.24, 2.45) is 5.14 Å². The standard InChI is InChI=1S/C14H16N2O4S2/c15-21(17,18)13-7-4-8-14(11-13)22(19,20)16-10-9-12-5-2-1-3-6-12/h1-8,11,16H,9-10H2,(H2,15,17,18). The topological polar surface area (TPSA) is 106 Å². The van der Waals surface area contributed by atoms with Crippen LogP contribution in [0.1, 0.15) is 5.56 Å². The zero-order valence-corrected chi connectivity index (χ0v) is 13.3. The molecule has 0 aliphatic rings. The number of hydrogen-bond donors (Lipinski definition) is 2. The van der Waals surface area contributed by atoms with Gasteiger partial charge >= 0.3 is 0 Å². The molecule has 8 heteroatoms. The molecule has 2 aromatic rings. The normalized spacial score (nSPS) is 12.2. The highest BCUT2D eigenvalue weighted by molar-refractivity contribution is 7.90. The molecule has 0 heterocycles. The van der Waals surface area contributed by atoms with Crippen molar-refractivity contribution in [2.45, 2.75) is 16.2 Å². The predicted molar refractivity (Wildman–Crippen MR) is 83.1 cm³/mol. The summed E-state index contributed by atoms with van der Waals surface area (Å²) in [5.74, 6) is 0. The van der Waals surface area contributed by atoms with E-state index in [1.54, 1.807) is 0 Å². The molecular formula is C14H16N2O4S2. The third kappa shape index (κ3) is 4.38. The van der Waals surface area contributed by atoms with Crippen molar-refractivity contribution in [1.29, 1.82) is 0 Å². The van der Waals surface area contributed by atoms with Crippen molar-refractivity contribution in [2.75, 3.05) is 6.54 Å². The maximum absolute atomic E-state index is 12.2. The molecule has 0 radical (unpaired) electrons. The molecule has 6 nitrogen and oxygen atoms in total. The Morgan fingerprint density at radius 2 is 1.50 bits per heavy atom. The first kappa shape index (κ1) is 16.6. The Balaban J connectivity index is 2.11. The van der Waals surface area contributed by atoms with E-state index < -0.39 is 20.0 Å². The van der Waals surface area contributed by atoms with Gasteiger partial charge in [-0.2, -0.15) is 0 Å². The summed E-state index contributed by atoms with van der Waals surface area (Å²) in [4.78, 5) is -0.370. The summed E-state index contributed by atoms with van der Waals surface area (Å²) in [7, 11) is -7.72. The Bertz CT molecular complexity index is 847. The van der Waals surface area contributed by atoms with Gasteiger partial charge in [0.2, 0.25) is 20.0 Å². The Morgan fingerprint density at radius 1 is 0.864 bits per heavy atom. The van der Waals surface area contributed by atoms with Crippen LogP contribution in [-0.4, -0.2) is 23.4 Å². The van der Waals surface area contributed by atoms with Crippen molar-refractivity contribution in [1.82, 2.24) is 4.72 Å². The molecule has 0 aliphatic carbocycles. The molecule has 2 rings (SSSR count). The summed E-state index contributed by atoms with van der Waals surface area (Å²) in [5.41, 5.74) is 1.00. The minimum Gasteiger partial charge on any atom is -0.225 e. The van der Waals surface area contributed by atoms with Gasteiger partial charge in [0.25, 0.3) is 0 Å². The molecule has 0 atom stereocenters. The number of hydrogen-bond acceptors (Lipinski definition) is 4. The van der Waals surface area contributed by atoms with Crippen LogP contribution >= 0.6 is 0 Å². The maximum atomic E-state index is 12.2. The lowest BCUT2D eigenvalue weighted by atomic mass is 10.2. The summed E-state index contributed by atoms with van der Waals surface area (Å²) in [5, 5.41) is 5.00. The van der Waals surface area contributed by atoms with Crippen LogP contribution in [-0.2, 0) is 26.5 Å². The highest BCUT2D eigenvalue weighted by Gasteiger charge is 2.16. The fraction of sp³-hybridized carbons (Fsp3) is 0.143. The molecule has 0 bridgehead atoms. The Labute approximate surface area is 130 Å². The highest BCUT2D eigenvalue weighted by atomic mass is 32.2. The summed E-state index contributed by atoms with van der Waals surface area (Å²) >= 11 is 0. The SMILES string of the molecule is NS(=O)(=O)c1cccc(S(=O)(=O)NCCc2ccccc2)c1. The fourth-order valence-electron chi connectivity index (χ4n) is 1.88. The molecule has 0 aromatic heterocycles. The zero-order chi connectivity index (χ0) is 16.2. The second-order valence-corrected chi connectivity index (χ2v) is 7.98. The van der Waals surface area contributed by atoms with Crippen molar-refractivity contribution in [3.63, 3.8) is 0 Å². The minimum absolute atomic E-state index is 0.132. The quantitative estimate of drug-likeness (QED) is 0.813. The van der Waals surface area contributed by atoms with Crippen LogP contribution in [0.15, 0.2) is 64.4 Å². The average Bonchev–Trinajstić information content (AvgIpc) is 2.47. The summed E-state index contributed by atoms with van der Waals surface area (Å²) < 4.78 is 49.3. The van der Waals surface area contributed by atoms with E-state index in [2.05, 4.69) is 4.72 Å². The van der Waals surface area contributed by atoms with E-state index in [-0.39, 0.29) is 16.3 Å². The van der Waals surface area contributed by atoms with Gasteiger partial charge < -0.3 is 0 Å². The van der Waals surface area contributed by atoms with Gasteiger partial charge in [-0.25, -0.2) is 26.7 Å². The van der Waals surface area contributed by atoms with Crippen molar-refractivity contribution < 1.29 is 16.8 Å². The Morgan fingerprint density at radius 3 is 2.14 bits per heavy atom. The fourth-order valence-corrected chi connectivity index (χ4v) is 3.59. The molecule has 0 saturated carbocycles. The minimum atomic E-state index is -3.94. The third-order valence-electron chi connectivity index (χ3n) is 2.99. The van der Waals surface area contributed by atoms with Crippen molar-refractivity contribution in [3.8, 4) is 0 Å². The second-order valence-electron chi connectivity index (χ2n) is 4.65. The van der Waals surface area contributed by atoms with E-state index in [1.165, 1.54) is 18.2 Å². The smallest absolute Gasteiger partial charge is 0.225 e. The molecule has 0 spiro atoms. The molecule has 118 valence electrons. The van der Waals surface area contributed by atoms with Gasteiger partial charge in [-0.05, 0) is 30.2 Å². The largest absolute Gasteiger partial charge is 0.240 e. The number of nitrogens with two attached hydrogens (primary N) is 1. The lowest BCUT2D eigenvalue weighted by molar-refractivity contribution is 0.581. The van der Waals surface area contributed by atoms with Gasteiger partial charge in [0.15, 0.2) is 0 Å². The van der Waals surface area contributed by atoms with Crippen LogP contribution in [0.5, 0.6) is 0 Å². The van der Waals surface area contributed by atoms with Crippen LogP contribution in [0.3, 0.4) is 0 Å². The molecule has 22 heavy (non-hydrogen) atoms. The Kier molecular flexibility index (Phi) is 4.97. The molecule has 0 fully saturated rings. The highest BCUT2D eigenvalue weighted by Crippen LogP contribution is 2.14.